The smallest absolute Gasteiger partial charge is 0.0554 e. The van der Waals surface area contributed by atoms with Gasteiger partial charge in [-0.2, -0.15) is 0 Å². The Kier molecular flexibility index (Phi) is 3.75. The minimum absolute atomic E-state index is 0.448. The van der Waals surface area contributed by atoms with E-state index in [2.05, 4.69) is 72.7 Å². The number of aryl methyl sites for hydroxylation is 1. The summed E-state index contributed by atoms with van der Waals surface area (Å²) in [7, 11) is 2.21. The number of hydrogen-bond acceptors (Lipinski definition) is 2. The Labute approximate surface area is 121 Å². The van der Waals surface area contributed by atoms with E-state index < -0.39 is 0 Å². The molecule has 0 spiro atoms. The summed E-state index contributed by atoms with van der Waals surface area (Å²) in [5.74, 6) is 0. The highest BCUT2D eigenvalue weighted by Gasteiger charge is 2.22. The van der Waals surface area contributed by atoms with E-state index in [1.165, 1.54) is 22.4 Å². The van der Waals surface area contributed by atoms with Crippen LogP contribution in [0.25, 0.3) is 0 Å². The number of nitrogens with one attached hydrogen (secondary N) is 1. The van der Waals surface area contributed by atoms with Gasteiger partial charge in [0.05, 0.1) is 6.04 Å². The Balaban J connectivity index is 1.94. The van der Waals surface area contributed by atoms with E-state index in [4.69, 9.17) is 0 Å². The fraction of sp³-hybridized carbons (Fsp3) is 0.333. The first kappa shape index (κ1) is 13.2. The largest absolute Gasteiger partial charge is 0.367 e. The van der Waals surface area contributed by atoms with Crippen molar-refractivity contribution in [3.8, 4) is 0 Å². The van der Waals surface area contributed by atoms with Gasteiger partial charge in [0.15, 0.2) is 0 Å². The first-order chi connectivity index (χ1) is 9.75. The summed E-state index contributed by atoms with van der Waals surface area (Å²) in [5, 5.41) is 3.52. The van der Waals surface area contributed by atoms with Crippen molar-refractivity contribution in [1.29, 1.82) is 0 Å². The highest BCUT2D eigenvalue weighted by molar-refractivity contribution is 5.50. The normalized spacial score (nSPS) is 18.2. The Morgan fingerprint density at radius 3 is 2.60 bits per heavy atom. The molecule has 0 aromatic heterocycles. The van der Waals surface area contributed by atoms with Gasteiger partial charge in [0.1, 0.15) is 0 Å². The van der Waals surface area contributed by atoms with Crippen LogP contribution in [0.15, 0.2) is 48.5 Å². The number of hydrogen-bond donors (Lipinski definition) is 1. The van der Waals surface area contributed by atoms with Crippen LogP contribution in [0.4, 0.5) is 5.69 Å². The standard InChI is InChI=1S/C18H22N2/c1-14-7-9-16(10-8-14)20(2)18-11-12-19-13-15-5-3-4-6-17(15)18/h3-10,18-19H,11-13H2,1-2H3. The summed E-state index contributed by atoms with van der Waals surface area (Å²) in [4.78, 5) is 2.41. The summed E-state index contributed by atoms with van der Waals surface area (Å²) in [6, 6.07) is 18.1. The molecule has 2 nitrogen and oxygen atoms in total. The van der Waals surface area contributed by atoms with Gasteiger partial charge in [-0.25, -0.2) is 0 Å². The van der Waals surface area contributed by atoms with Gasteiger partial charge >= 0.3 is 0 Å². The van der Waals surface area contributed by atoms with Gasteiger partial charge < -0.3 is 10.2 Å². The molecule has 0 aliphatic carbocycles. The molecule has 104 valence electrons. The molecular weight excluding hydrogens is 244 g/mol. The minimum Gasteiger partial charge on any atom is -0.367 e. The molecule has 1 aliphatic rings. The summed E-state index contributed by atoms with van der Waals surface area (Å²) < 4.78 is 0. The molecule has 1 atom stereocenters. The van der Waals surface area contributed by atoms with E-state index in [-0.39, 0.29) is 0 Å². The van der Waals surface area contributed by atoms with E-state index in [1.807, 2.05) is 0 Å². The minimum atomic E-state index is 0.448. The average Bonchev–Trinajstić information content (AvgIpc) is 2.69. The molecule has 1 aliphatic heterocycles. The van der Waals surface area contributed by atoms with Gasteiger partial charge in [0.25, 0.3) is 0 Å². The molecule has 2 aromatic carbocycles. The highest BCUT2D eigenvalue weighted by Crippen LogP contribution is 2.31. The van der Waals surface area contributed by atoms with Gasteiger partial charge in [-0.1, -0.05) is 42.0 Å². The average molecular weight is 266 g/mol. The molecule has 0 amide bonds. The Hall–Kier alpha value is -1.80. The topological polar surface area (TPSA) is 15.3 Å². The first-order valence-electron chi connectivity index (χ1n) is 7.34. The lowest BCUT2D eigenvalue weighted by atomic mass is 9.97. The van der Waals surface area contributed by atoms with Crippen LogP contribution in [-0.2, 0) is 6.54 Å². The van der Waals surface area contributed by atoms with E-state index in [1.54, 1.807) is 0 Å². The third-order valence-corrected chi connectivity index (χ3v) is 4.23. The zero-order valence-corrected chi connectivity index (χ0v) is 12.3. The third-order valence-electron chi connectivity index (χ3n) is 4.23. The SMILES string of the molecule is Cc1ccc(N(C)C2CCNCc3ccccc32)cc1. The predicted molar refractivity (Wildman–Crippen MR) is 85.1 cm³/mol. The monoisotopic (exact) mass is 266 g/mol. The van der Waals surface area contributed by atoms with Crippen molar-refractivity contribution in [2.75, 3.05) is 18.5 Å². The van der Waals surface area contributed by atoms with E-state index in [0.717, 1.165) is 19.5 Å². The molecule has 3 rings (SSSR count). The van der Waals surface area contributed by atoms with Crippen LogP contribution in [0.2, 0.25) is 0 Å². The molecule has 0 fully saturated rings. The highest BCUT2D eigenvalue weighted by atomic mass is 15.1. The molecule has 0 saturated carbocycles. The number of fused-ring (bicyclic) bond motifs is 1. The van der Waals surface area contributed by atoms with Gasteiger partial charge in [-0.3, -0.25) is 0 Å². The van der Waals surface area contributed by atoms with Crippen LogP contribution in [-0.4, -0.2) is 13.6 Å². The molecule has 1 unspecified atom stereocenters. The van der Waals surface area contributed by atoms with Crippen molar-refractivity contribution in [1.82, 2.24) is 5.32 Å². The van der Waals surface area contributed by atoms with Gasteiger partial charge in [-0.05, 0) is 43.1 Å². The van der Waals surface area contributed by atoms with Crippen LogP contribution >= 0.6 is 0 Å². The lowest BCUT2D eigenvalue weighted by molar-refractivity contribution is 0.589. The first-order valence-corrected chi connectivity index (χ1v) is 7.34. The second-order valence-corrected chi connectivity index (χ2v) is 5.63. The number of benzene rings is 2. The Morgan fingerprint density at radius 1 is 1.05 bits per heavy atom. The second kappa shape index (κ2) is 5.68. The van der Waals surface area contributed by atoms with E-state index in [9.17, 15) is 0 Å². The second-order valence-electron chi connectivity index (χ2n) is 5.63. The molecule has 0 radical (unpaired) electrons. The lowest BCUT2D eigenvalue weighted by Gasteiger charge is -2.30. The van der Waals surface area contributed by atoms with Crippen molar-refractivity contribution in [2.24, 2.45) is 0 Å². The summed E-state index contributed by atoms with van der Waals surface area (Å²) >= 11 is 0. The van der Waals surface area contributed by atoms with Crippen LogP contribution in [0.3, 0.4) is 0 Å². The fourth-order valence-electron chi connectivity index (χ4n) is 3.00. The molecule has 1 heterocycles. The number of anilines is 1. The fourth-order valence-corrected chi connectivity index (χ4v) is 3.00. The Morgan fingerprint density at radius 2 is 1.80 bits per heavy atom. The maximum absolute atomic E-state index is 3.52. The molecule has 1 N–H and O–H groups in total. The number of rotatable bonds is 2. The van der Waals surface area contributed by atoms with Crippen molar-refractivity contribution in [2.45, 2.75) is 25.9 Å². The van der Waals surface area contributed by atoms with Crippen LogP contribution in [0.5, 0.6) is 0 Å². The summed E-state index contributed by atoms with van der Waals surface area (Å²) in [6.07, 6.45) is 1.14. The van der Waals surface area contributed by atoms with Gasteiger partial charge in [0.2, 0.25) is 0 Å². The van der Waals surface area contributed by atoms with Crippen LogP contribution in [0, 0.1) is 6.92 Å². The quantitative estimate of drug-likeness (QED) is 0.892. The zero-order valence-electron chi connectivity index (χ0n) is 12.3. The third kappa shape index (κ3) is 2.56. The van der Waals surface area contributed by atoms with Crippen LogP contribution in [0.1, 0.15) is 29.2 Å². The predicted octanol–water partition coefficient (Wildman–Crippen LogP) is 3.67. The van der Waals surface area contributed by atoms with E-state index in [0.29, 0.717) is 6.04 Å². The summed E-state index contributed by atoms with van der Waals surface area (Å²) in [6.45, 7) is 4.18. The Bertz CT molecular complexity index is 574. The molecular formula is C18H22N2. The maximum atomic E-state index is 3.52. The van der Waals surface area contributed by atoms with Crippen molar-refractivity contribution in [3.63, 3.8) is 0 Å². The van der Waals surface area contributed by atoms with Crippen molar-refractivity contribution < 1.29 is 0 Å². The molecule has 20 heavy (non-hydrogen) atoms. The molecule has 0 bridgehead atoms. The maximum Gasteiger partial charge on any atom is 0.0554 e. The van der Waals surface area contributed by atoms with Gasteiger partial charge in [-0.15, -0.1) is 0 Å². The van der Waals surface area contributed by atoms with E-state index >= 15 is 0 Å². The zero-order chi connectivity index (χ0) is 13.9. The van der Waals surface area contributed by atoms with Crippen molar-refractivity contribution in [3.05, 3.63) is 65.2 Å². The van der Waals surface area contributed by atoms with Crippen molar-refractivity contribution >= 4 is 5.69 Å². The van der Waals surface area contributed by atoms with Crippen LogP contribution < -0.4 is 10.2 Å². The molecule has 2 aromatic rings. The van der Waals surface area contributed by atoms with Gasteiger partial charge in [0, 0.05) is 19.3 Å². The number of nitrogens with zero attached hydrogens (tertiary/aromatic N) is 1. The molecule has 2 heteroatoms. The molecule has 0 saturated heterocycles. The summed E-state index contributed by atoms with van der Waals surface area (Å²) in [5.41, 5.74) is 5.48. The lowest BCUT2D eigenvalue weighted by Crippen LogP contribution is -2.25.